The van der Waals surface area contributed by atoms with Crippen molar-refractivity contribution in [2.75, 3.05) is 45.2 Å². The van der Waals surface area contributed by atoms with Crippen LogP contribution in [0.2, 0.25) is 5.02 Å². The van der Waals surface area contributed by atoms with Gasteiger partial charge in [0.25, 0.3) is 5.69 Å². The third-order valence-corrected chi connectivity index (χ3v) is 3.64. The number of nitrogens with zero attached hydrogens (tertiary/aromatic N) is 4. The Balaban J connectivity index is 2.13. The zero-order chi connectivity index (χ0) is 15.6. The molecule has 2 rings (SSSR count). The minimum absolute atomic E-state index is 0.00474. The molecular formula is C13H17ClN4O3. The lowest BCUT2D eigenvalue weighted by Gasteiger charge is -2.36. The van der Waals surface area contributed by atoms with E-state index < -0.39 is 4.92 Å². The lowest BCUT2D eigenvalue weighted by Crippen LogP contribution is -2.51. The van der Waals surface area contributed by atoms with E-state index in [1.165, 1.54) is 11.0 Å². The number of halogens is 1. The summed E-state index contributed by atoms with van der Waals surface area (Å²) >= 11 is 5.82. The van der Waals surface area contributed by atoms with Crippen molar-refractivity contribution in [3.8, 4) is 0 Å². The molecule has 1 aromatic rings. The van der Waals surface area contributed by atoms with Gasteiger partial charge in [-0.15, -0.1) is 0 Å². The fourth-order valence-corrected chi connectivity index (χ4v) is 2.50. The first kappa shape index (κ1) is 15.4. The number of piperazine rings is 1. The van der Waals surface area contributed by atoms with Gasteiger partial charge in [-0.05, 0) is 12.1 Å². The molecule has 1 aromatic carbocycles. The summed E-state index contributed by atoms with van der Waals surface area (Å²) in [5.41, 5.74) is 0.538. The fourth-order valence-electron chi connectivity index (χ4n) is 2.33. The molecule has 8 heteroatoms. The predicted octanol–water partition coefficient (Wildman–Crippen LogP) is 2.05. The molecule has 0 N–H and O–H groups in total. The minimum Gasteiger partial charge on any atom is -0.362 e. The smallest absolute Gasteiger partial charge is 0.319 e. The molecule has 0 aromatic heterocycles. The van der Waals surface area contributed by atoms with Gasteiger partial charge in [-0.3, -0.25) is 10.1 Å². The second-order valence-corrected chi connectivity index (χ2v) is 5.48. The molecule has 1 aliphatic heterocycles. The van der Waals surface area contributed by atoms with Crippen molar-refractivity contribution in [2.45, 2.75) is 0 Å². The summed E-state index contributed by atoms with van der Waals surface area (Å²) < 4.78 is 0. The second-order valence-electron chi connectivity index (χ2n) is 5.04. The summed E-state index contributed by atoms with van der Waals surface area (Å²) in [5.74, 6) is 0. The van der Waals surface area contributed by atoms with Crippen molar-refractivity contribution in [3.63, 3.8) is 0 Å². The van der Waals surface area contributed by atoms with E-state index in [-0.39, 0.29) is 11.7 Å². The normalized spacial score (nSPS) is 15.0. The highest BCUT2D eigenvalue weighted by atomic mass is 35.5. The van der Waals surface area contributed by atoms with Gasteiger partial charge in [0.15, 0.2) is 0 Å². The Morgan fingerprint density at radius 3 is 2.43 bits per heavy atom. The van der Waals surface area contributed by atoms with Crippen LogP contribution in [-0.2, 0) is 0 Å². The van der Waals surface area contributed by atoms with E-state index in [1.54, 1.807) is 31.1 Å². The molecule has 0 atom stereocenters. The largest absolute Gasteiger partial charge is 0.362 e. The maximum absolute atomic E-state index is 11.9. The number of amides is 2. The standard InChI is InChI=1S/C13H17ClN4O3/c1-15(2)13(19)17-7-5-16(6-8-17)11-4-3-10(14)9-12(11)18(20)21/h3-4,9H,5-8H2,1-2H3. The highest BCUT2D eigenvalue weighted by molar-refractivity contribution is 6.30. The van der Waals surface area contributed by atoms with Crippen molar-refractivity contribution in [3.05, 3.63) is 33.3 Å². The molecule has 0 radical (unpaired) electrons. The average molecular weight is 313 g/mol. The zero-order valence-electron chi connectivity index (χ0n) is 12.0. The highest BCUT2D eigenvalue weighted by Gasteiger charge is 2.26. The van der Waals surface area contributed by atoms with Gasteiger partial charge in [-0.2, -0.15) is 0 Å². The Kier molecular flexibility index (Phi) is 4.52. The summed E-state index contributed by atoms with van der Waals surface area (Å²) in [5, 5.41) is 11.5. The van der Waals surface area contributed by atoms with Gasteiger partial charge >= 0.3 is 6.03 Å². The maximum atomic E-state index is 11.9. The Morgan fingerprint density at radius 2 is 1.90 bits per heavy atom. The molecule has 1 saturated heterocycles. The number of urea groups is 1. The van der Waals surface area contributed by atoms with Gasteiger partial charge in [0.2, 0.25) is 0 Å². The summed E-state index contributed by atoms with van der Waals surface area (Å²) in [6.07, 6.45) is 0. The number of rotatable bonds is 2. The Morgan fingerprint density at radius 1 is 1.29 bits per heavy atom. The molecule has 1 aliphatic rings. The molecule has 7 nitrogen and oxygen atoms in total. The van der Waals surface area contributed by atoms with E-state index in [2.05, 4.69) is 0 Å². The number of hydrogen-bond acceptors (Lipinski definition) is 4. The van der Waals surface area contributed by atoms with Crippen molar-refractivity contribution in [2.24, 2.45) is 0 Å². The third kappa shape index (κ3) is 3.36. The predicted molar refractivity (Wildman–Crippen MR) is 81.0 cm³/mol. The van der Waals surface area contributed by atoms with Gasteiger partial charge in [0.05, 0.1) is 4.92 Å². The number of benzene rings is 1. The highest BCUT2D eigenvalue weighted by Crippen LogP contribution is 2.31. The quantitative estimate of drug-likeness (QED) is 0.619. The Hall–Kier alpha value is -2.02. The zero-order valence-corrected chi connectivity index (χ0v) is 12.7. The van der Waals surface area contributed by atoms with Gasteiger partial charge in [-0.25, -0.2) is 4.79 Å². The monoisotopic (exact) mass is 312 g/mol. The van der Waals surface area contributed by atoms with Crippen LogP contribution in [0.4, 0.5) is 16.2 Å². The molecule has 1 heterocycles. The maximum Gasteiger partial charge on any atom is 0.319 e. The molecular weight excluding hydrogens is 296 g/mol. The lowest BCUT2D eigenvalue weighted by atomic mass is 10.2. The van der Waals surface area contributed by atoms with Crippen LogP contribution in [0, 0.1) is 10.1 Å². The topological polar surface area (TPSA) is 69.9 Å². The molecule has 0 aliphatic carbocycles. The van der Waals surface area contributed by atoms with Crippen LogP contribution in [0.3, 0.4) is 0 Å². The minimum atomic E-state index is -0.432. The third-order valence-electron chi connectivity index (χ3n) is 3.41. The first-order chi connectivity index (χ1) is 9.90. The van der Waals surface area contributed by atoms with Crippen LogP contribution in [0.5, 0.6) is 0 Å². The number of anilines is 1. The van der Waals surface area contributed by atoms with E-state index >= 15 is 0 Å². The molecule has 114 valence electrons. The number of nitro benzene ring substituents is 1. The van der Waals surface area contributed by atoms with Crippen molar-refractivity contribution in [1.29, 1.82) is 0 Å². The number of hydrogen-bond donors (Lipinski definition) is 0. The molecule has 21 heavy (non-hydrogen) atoms. The van der Waals surface area contributed by atoms with Crippen LogP contribution in [0.1, 0.15) is 0 Å². The van der Waals surface area contributed by atoms with Crippen molar-refractivity contribution < 1.29 is 9.72 Å². The van der Waals surface area contributed by atoms with Crippen LogP contribution < -0.4 is 4.90 Å². The molecule has 0 bridgehead atoms. The van der Waals surface area contributed by atoms with E-state index in [4.69, 9.17) is 11.6 Å². The SMILES string of the molecule is CN(C)C(=O)N1CCN(c2ccc(Cl)cc2[N+](=O)[O-])CC1. The summed E-state index contributed by atoms with van der Waals surface area (Å²) in [7, 11) is 3.41. The van der Waals surface area contributed by atoms with Gasteiger partial charge in [0.1, 0.15) is 5.69 Å². The summed E-state index contributed by atoms with van der Waals surface area (Å²) in [4.78, 5) is 27.7. The van der Waals surface area contributed by atoms with Gasteiger partial charge in [-0.1, -0.05) is 11.6 Å². The summed E-state index contributed by atoms with van der Waals surface area (Å²) in [6, 6.07) is 4.61. The van der Waals surface area contributed by atoms with E-state index in [0.29, 0.717) is 36.9 Å². The molecule has 0 saturated carbocycles. The average Bonchev–Trinajstić information content (AvgIpc) is 2.46. The van der Waals surface area contributed by atoms with Crippen molar-refractivity contribution >= 4 is 29.0 Å². The fraction of sp³-hybridized carbons (Fsp3) is 0.462. The number of nitro groups is 1. The first-order valence-electron chi connectivity index (χ1n) is 6.55. The van der Waals surface area contributed by atoms with Crippen LogP contribution in [0.25, 0.3) is 0 Å². The van der Waals surface area contributed by atoms with Crippen LogP contribution >= 0.6 is 11.6 Å². The molecule has 0 unspecified atom stereocenters. The van der Waals surface area contributed by atoms with Crippen LogP contribution in [-0.4, -0.2) is 61.0 Å². The molecule has 0 spiro atoms. The van der Waals surface area contributed by atoms with E-state index in [9.17, 15) is 14.9 Å². The van der Waals surface area contributed by atoms with Crippen LogP contribution in [0.15, 0.2) is 18.2 Å². The number of carbonyl (C=O) groups excluding carboxylic acids is 1. The Labute approximate surface area is 127 Å². The number of carbonyl (C=O) groups is 1. The lowest BCUT2D eigenvalue weighted by molar-refractivity contribution is -0.384. The Bertz CT molecular complexity index is 556. The summed E-state index contributed by atoms with van der Waals surface area (Å²) in [6.45, 7) is 2.19. The molecule has 1 fully saturated rings. The molecule has 2 amide bonds. The first-order valence-corrected chi connectivity index (χ1v) is 6.93. The second kappa shape index (κ2) is 6.17. The van der Waals surface area contributed by atoms with E-state index in [1.807, 2.05) is 4.90 Å². The van der Waals surface area contributed by atoms with Gasteiger partial charge in [0, 0.05) is 51.4 Å². The van der Waals surface area contributed by atoms with Gasteiger partial charge < -0.3 is 14.7 Å². The van der Waals surface area contributed by atoms with E-state index in [0.717, 1.165) is 0 Å². The van der Waals surface area contributed by atoms with Crippen molar-refractivity contribution in [1.82, 2.24) is 9.80 Å².